The third-order valence-corrected chi connectivity index (χ3v) is 6.45. The highest BCUT2D eigenvalue weighted by Crippen LogP contribution is 2.70. The molecule has 2 spiro atoms. The summed E-state index contributed by atoms with van der Waals surface area (Å²) >= 11 is 0. The molecule has 3 nitrogen and oxygen atoms in total. The zero-order chi connectivity index (χ0) is 13.3. The molecular formula is C16H24O3. The number of rotatable bonds is 0. The van der Waals surface area contributed by atoms with E-state index in [2.05, 4.69) is 0 Å². The number of ketones is 1. The van der Waals surface area contributed by atoms with Crippen molar-refractivity contribution >= 4 is 5.78 Å². The van der Waals surface area contributed by atoms with Crippen LogP contribution in [0.2, 0.25) is 0 Å². The zero-order valence-corrected chi connectivity index (χ0v) is 12.0. The first-order chi connectivity index (χ1) is 8.96. The summed E-state index contributed by atoms with van der Waals surface area (Å²) in [7, 11) is 0. The van der Waals surface area contributed by atoms with Crippen LogP contribution in [0.4, 0.5) is 0 Å². The van der Waals surface area contributed by atoms with Crippen LogP contribution in [0.3, 0.4) is 0 Å². The average Bonchev–Trinajstić information content (AvgIpc) is 2.93. The smallest absolute Gasteiger partial charge is 0.162 e. The normalized spacial score (nSPS) is 46.5. The number of hydrogen-bond donors (Lipinski definition) is 0. The molecule has 1 aliphatic heterocycles. The van der Waals surface area contributed by atoms with Gasteiger partial charge in [0.05, 0.1) is 13.2 Å². The molecule has 1 saturated heterocycles. The molecule has 4 aliphatic rings. The van der Waals surface area contributed by atoms with Crippen molar-refractivity contribution < 1.29 is 14.3 Å². The van der Waals surface area contributed by atoms with Crippen molar-refractivity contribution in [1.82, 2.24) is 0 Å². The van der Waals surface area contributed by atoms with E-state index in [0.29, 0.717) is 23.0 Å². The van der Waals surface area contributed by atoms with Crippen LogP contribution >= 0.6 is 0 Å². The lowest BCUT2D eigenvalue weighted by molar-refractivity contribution is -0.293. The molecule has 0 N–H and O–H groups in total. The quantitative estimate of drug-likeness (QED) is 0.675. The van der Waals surface area contributed by atoms with Crippen molar-refractivity contribution in [2.24, 2.45) is 22.7 Å². The van der Waals surface area contributed by atoms with Crippen molar-refractivity contribution in [3.05, 3.63) is 0 Å². The van der Waals surface area contributed by atoms with Crippen molar-refractivity contribution in [3.63, 3.8) is 0 Å². The predicted molar refractivity (Wildman–Crippen MR) is 70.5 cm³/mol. The summed E-state index contributed by atoms with van der Waals surface area (Å²) in [6, 6.07) is 0. The fraction of sp³-hybridized carbons (Fsp3) is 0.938. The summed E-state index contributed by atoms with van der Waals surface area (Å²) in [5.74, 6) is 1.35. The molecule has 0 radical (unpaired) electrons. The Balaban J connectivity index is 1.65. The van der Waals surface area contributed by atoms with E-state index in [0.717, 1.165) is 32.5 Å². The SMILES string of the molecule is CC1(C)OCC2(CO1)C[C@H]1CC(=O)C[C@@]13CCC[C@@H]23. The van der Waals surface area contributed by atoms with Crippen LogP contribution < -0.4 is 0 Å². The Bertz CT molecular complexity index is 418. The van der Waals surface area contributed by atoms with Gasteiger partial charge in [-0.3, -0.25) is 4.79 Å². The number of carbonyl (C=O) groups excluding carboxylic acids is 1. The van der Waals surface area contributed by atoms with Crippen LogP contribution in [0.1, 0.15) is 52.4 Å². The molecule has 4 rings (SSSR count). The van der Waals surface area contributed by atoms with Crippen LogP contribution in [-0.2, 0) is 14.3 Å². The highest BCUT2D eigenvalue weighted by Gasteiger charge is 2.67. The van der Waals surface area contributed by atoms with E-state index in [-0.39, 0.29) is 5.41 Å². The molecule has 0 amide bonds. The van der Waals surface area contributed by atoms with E-state index in [1.807, 2.05) is 13.8 Å². The molecule has 3 heteroatoms. The maximum absolute atomic E-state index is 11.9. The van der Waals surface area contributed by atoms with Crippen LogP contribution in [-0.4, -0.2) is 24.8 Å². The van der Waals surface area contributed by atoms with Gasteiger partial charge in [-0.2, -0.15) is 0 Å². The van der Waals surface area contributed by atoms with Gasteiger partial charge in [0.2, 0.25) is 0 Å². The Morgan fingerprint density at radius 1 is 1.21 bits per heavy atom. The second kappa shape index (κ2) is 3.62. The second-order valence-electron chi connectivity index (χ2n) is 7.84. The Morgan fingerprint density at radius 2 is 1.95 bits per heavy atom. The number of fused-ring (bicyclic) bond motifs is 1. The highest BCUT2D eigenvalue weighted by molar-refractivity contribution is 5.82. The molecule has 3 saturated carbocycles. The lowest BCUT2D eigenvalue weighted by Gasteiger charge is -2.46. The number of hydrogen-bond acceptors (Lipinski definition) is 3. The average molecular weight is 264 g/mol. The minimum atomic E-state index is -0.426. The first-order valence-corrected chi connectivity index (χ1v) is 7.76. The lowest BCUT2D eigenvalue weighted by Crippen LogP contribution is -2.49. The molecule has 0 unspecified atom stereocenters. The van der Waals surface area contributed by atoms with Gasteiger partial charge >= 0.3 is 0 Å². The Labute approximate surface area is 115 Å². The summed E-state index contributed by atoms with van der Waals surface area (Å²) < 4.78 is 12.0. The van der Waals surface area contributed by atoms with E-state index in [1.54, 1.807) is 0 Å². The number of Topliss-reactive ketones (excluding diaryl/α,β-unsaturated/α-hetero) is 1. The molecule has 0 bridgehead atoms. The van der Waals surface area contributed by atoms with E-state index in [4.69, 9.17) is 9.47 Å². The van der Waals surface area contributed by atoms with Crippen LogP contribution in [0.5, 0.6) is 0 Å². The largest absolute Gasteiger partial charge is 0.350 e. The number of carbonyl (C=O) groups is 1. The van der Waals surface area contributed by atoms with E-state index in [9.17, 15) is 4.79 Å². The molecule has 1 heterocycles. The topological polar surface area (TPSA) is 35.5 Å². The first kappa shape index (κ1) is 12.3. The molecular weight excluding hydrogens is 240 g/mol. The van der Waals surface area contributed by atoms with E-state index >= 15 is 0 Å². The fourth-order valence-electron chi connectivity index (χ4n) is 5.72. The highest BCUT2D eigenvalue weighted by atomic mass is 16.7. The predicted octanol–water partition coefficient (Wildman–Crippen LogP) is 2.93. The second-order valence-corrected chi connectivity index (χ2v) is 7.84. The summed E-state index contributed by atoms with van der Waals surface area (Å²) in [4.78, 5) is 11.9. The summed E-state index contributed by atoms with van der Waals surface area (Å²) in [5.41, 5.74) is 0.530. The van der Waals surface area contributed by atoms with Gasteiger partial charge in [0.1, 0.15) is 5.78 Å². The van der Waals surface area contributed by atoms with Gasteiger partial charge in [-0.05, 0) is 50.4 Å². The van der Waals surface area contributed by atoms with Crippen LogP contribution in [0, 0.1) is 22.7 Å². The van der Waals surface area contributed by atoms with Gasteiger partial charge in [-0.1, -0.05) is 6.42 Å². The Morgan fingerprint density at radius 3 is 2.68 bits per heavy atom. The van der Waals surface area contributed by atoms with Gasteiger partial charge < -0.3 is 9.47 Å². The Hall–Kier alpha value is -0.410. The maximum atomic E-state index is 11.9. The van der Waals surface area contributed by atoms with Gasteiger partial charge in [-0.25, -0.2) is 0 Å². The van der Waals surface area contributed by atoms with Crippen molar-refractivity contribution in [2.75, 3.05) is 13.2 Å². The summed E-state index contributed by atoms with van der Waals surface area (Å²) in [6.45, 7) is 5.67. The maximum Gasteiger partial charge on any atom is 0.162 e. The lowest BCUT2D eigenvalue weighted by atomic mass is 9.69. The summed E-state index contributed by atoms with van der Waals surface area (Å²) in [6.07, 6.45) is 6.64. The zero-order valence-electron chi connectivity index (χ0n) is 12.0. The number of ether oxygens (including phenoxy) is 2. The standard InChI is InChI=1S/C16H24O3/c1-14(2)18-9-15(10-19-14)7-11-6-12(17)8-16(11)5-3-4-13(15)16/h11,13H,3-10H2,1-2H3/t11-,13+,16+/m1/s1. The van der Waals surface area contributed by atoms with Crippen molar-refractivity contribution in [3.8, 4) is 0 Å². The van der Waals surface area contributed by atoms with Gasteiger partial charge in [0, 0.05) is 18.3 Å². The van der Waals surface area contributed by atoms with Crippen molar-refractivity contribution in [1.29, 1.82) is 0 Å². The molecule has 0 aromatic carbocycles. The van der Waals surface area contributed by atoms with Crippen LogP contribution in [0.15, 0.2) is 0 Å². The van der Waals surface area contributed by atoms with Gasteiger partial charge in [0.15, 0.2) is 5.79 Å². The first-order valence-electron chi connectivity index (χ1n) is 7.76. The molecule has 3 atom stereocenters. The Kier molecular flexibility index (Phi) is 2.35. The molecule has 0 aromatic rings. The summed E-state index contributed by atoms with van der Waals surface area (Å²) in [5, 5.41) is 0. The van der Waals surface area contributed by atoms with Gasteiger partial charge in [0.25, 0.3) is 0 Å². The molecule has 106 valence electrons. The monoisotopic (exact) mass is 264 g/mol. The van der Waals surface area contributed by atoms with Crippen LogP contribution in [0.25, 0.3) is 0 Å². The molecule has 3 aliphatic carbocycles. The third kappa shape index (κ3) is 1.55. The molecule has 0 aromatic heterocycles. The van der Waals surface area contributed by atoms with Crippen molar-refractivity contribution in [2.45, 2.75) is 58.2 Å². The van der Waals surface area contributed by atoms with E-state index in [1.165, 1.54) is 19.3 Å². The molecule has 4 fully saturated rings. The minimum absolute atomic E-state index is 0.206. The minimum Gasteiger partial charge on any atom is -0.350 e. The third-order valence-electron chi connectivity index (χ3n) is 6.45. The molecule has 19 heavy (non-hydrogen) atoms. The fourth-order valence-corrected chi connectivity index (χ4v) is 5.72. The van der Waals surface area contributed by atoms with E-state index < -0.39 is 5.79 Å². The van der Waals surface area contributed by atoms with Gasteiger partial charge in [-0.15, -0.1) is 0 Å².